The number of aliphatic hydroxyl groups is 1. The van der Waals surface area contributed by atoms with Crippen LogP contribution in [0.1, 0.15) is 6.42 Å². The molecule has 2 atom stereocenters. The Labute approximate surface area is 104 Å². The molecule has 1 saturated heterocycles. The molecule has 0 radical (unpaired) electrons. The maximum Gasteiger partial charge on any atom is 0.147 e. The van der Waals surface area contributed by atoms with E-state index in [0.29, 0.717) is 22.4 Å². The van der Waals surface area contributed by atoms with Crippen LogP contribution in [0.15, 0.2) is 12.3 Å². The van der Waals surface area contributed by atoms with Crippen LogP contribution in [-0.4, -0.2) is 35.3 Å². The molecule has 16 heavy (non-hydrogen) atoms. The average Bonchev–Trinajstić information content (AvgIpc) is 2.22. The fourth-order valence-corrected chi connectivity index (χ4v) is 2.28. The third-order valence-electron chi connectivity index (χ3n) is 2.72. The van der Waals surface area contributed by atoms with E-state index in [1.54, 1.807) is 12.3 Å². The molecule has 2 heterocycles. The predicted octanol–water partition coefficient (Wildman–Crippen LogP) is 1.29. The van der Waals surface area contributed by atoms with Gasteiger partial charge in [-0.05, 0) is 12.5 Å². The first kappa shape index (κ1) is 11.9. The lowest BCUT2D eigenvalue weighted by molar-refractivity contribution is 0.131. The Morgan fingerprint density at radius 3 is 2.88 bits per heavy atom. The molecule has 0 aromatic carbocycles. The summed E-state index contributed by atoms with van der Waals surface area (Å²) >= 11 is 11.8. The summed E-state index contributed by atoms with van der Waals surface area (Å²) in [5, 5.41) is 10.7. The highest BCUT2D eigenvalue weighted by Gasteiger charge is 2.26. The molecule has 4 nitrogen and oxygen atoms in total. The zero-order valence-corrected chi connectivity index (χ0v) is 10.1. The average molecular weight is 262 g/mol. The van der Waals surface area contributed by atoms with Gasteiger partial charge in [-0.2, -0.15) is 0 Å². The third-order valence-corrected chi connectivity index (χ3v) is 3.21. The summed E-state index contributed by atoms with van der Waals surface area (Å²) in [6.07, 6.45) is 1.73. The molecule has 0 bridgehead atoms. The topological polar surface area (TPSA) is 62.4 Å². The zero-order valence-electron chi connectivity index (χ0n) is 8.61. The molecule has 1 aromatic heterocycles. The molecule has 0 unspecified atom stereocenters. The van der Waals surface area contributed by atoms with E-state index in [-0.39, 0.29) is 6.04 Å². The Morgan fingerprint density at radius 2 is 2.25 bits per heavy atom. The Kier molecular flexibility index (Phi) is 3.54. The van der Waals surface area contributed by atoms with Crippen molar-refractivity contribution >= 4 is 29.0 Å². The van der Waals surface area contributed by atoms with E-state index >= 15 is 0 Å². The van der Waals surface area contributed by atoms with Crippen molar-refractivity contribution in [1.29, 1.82) is 0 Å². The number of nitrogens with two attached hydrogens (primary N) is 1. The van der Waals surface area contributed by atoms with Gasteiger partial charge in [0.2, 0.25) is 0 Å². The minimum Gasteiger partial charge on any atom is -0.390 e. The van der Waals surface area contributed by atoms with Crippen molar-refractivity contribution in [2.75, 3.05) is 18.0 Å². The SMILES string of the molecule is N[C@@H]1CCN(c2ncc(Cl)cc2Cl)C[C@H]1O. The Bertz CT molecular complexity index is 388. The third kappa shape index (κ3) is 2.40. The lowest BCUT2D eigenvalue weighted by atomic mass is 10.0. The quantitative estimate of drug-likeness (QED) is 0.800. The van der Waals surface area contributed by atoms with Gasteiger partial charge in [0.25, 0.3) is 0 Å². The summed E-state index contributed by atoms with van der Waals surface area (Å²) in [4.78, 5) is 6.09. The monoisotopic (exact) mass is 261 g/mol. The van der Waals surface area contributed by atoms with Gasteiger partial charge in [0.15, 0.2) is 0 Å². The van der Waals surface area contributed by atoms with Gasteiger partial charge in [-0.1, -0.05) is 23.2 Å². The molecule has 6 heteroatoms. The number of β-amino-alcohol motifs (C(OH)–C–C–N with tert-alkyl or cyclic N) is 1. The molecule has 1 aliphatic rings. The molecular formula is C10H13Cl2N3O. The highest BCUT2D eigenvalue weighted by atomic mass is 35.5. The second kappa shape index (κ2) is 4.75. The number of hydrogen-bond donors (Lipinski definition) is 2. The first-order valence-electron chi connectivity index (χ1n) is 5.07. The number of halogens is 2. The smallest absolute Gasteiger partial charge is 0.147 e. The zero-order chi connectivity index (χ0) is 11.7. The second-order valence-electron chi connectivity index (χ2n) is 3.92. The van der Waals surface area contributed by atoms with Crippen molar-refractivity contribution in [3.8, 4) is 0 Å². The number of nitrogens with zero attached hydrogens (tertiary/aromatic N) is 2. The summed E-state index contributed by atoms with van der Waals surface area (Å²) in [5.74, 6) is 0.650. The van der Waals surface area contributed by atoms with Gasteiger partial charge in [-0.25, -0.2) is 4.98 Å². The minimum absolute atomic E-state index is 0.165. The summed E-state index contributed by atoms with van der Waals surface area (Å²) < 4.78 is 0. The molecule has 2 rings (SSSR count). The minimum atomic E-state index is -0.540. The van der Waals surface area contributed by atoms with Crippen LogP contribution >= 0.6 is 23.2 Å². The summed E-state index contributed by atoms with van der Waals surface area (Å²) in [6, 6.07) is 1.48. The predicted molar refractivity (Wildman–Crippen MR) is 65.1 cm³/mol. The fourth-order valence-electron chi connectivity index (χ4n) is 1.78. The molecular weight excluding hydrogens is 249 g/mol. The van der Waals surface area contributed by atoms with Crippen LogP contribution in [0.5, 0.6) is 0 Å². The normalized spacial score (nSPS) is 25.9. The van der Waals surface area contributed by atoms with Gasteiger partial charge in [0.05, 0.1) is 16.1 Å². The van der Waals surface area contributed by atoms with Crippen molar-refractivity contribution < 1.29 is 5.11 Å². The van der Waals surface area contributed by atoms with E-state index < -0.39 is 6.10 Å². The van der Waals surface area contributed by atoms with Crippen LogP contribution in [0.4, 0.5) is 5.82 Å². The maximum absolute atomic E-state index is 9.69. The first-order valence-corrected chi connectivity index (χ1v) is 5.83. The number of anilines is 1. The second-order valence-corrected chi connectivity index (χ2v) is 4.77. The van der Waals surface area contributed by atoms with Gasteiger partial charge < -0.3 is 15.7 Å². The Hall–Kier alpha value is -0.550. The molecule has 1 fully saturated rings. The standard InChI is InChI=1S/C10H13Cl2N3O/c11-6-3-7(12)10(14-4-6)15-2-1-8(13)9(16)5-15/h3-4,8-9,16H,1-2,5,13H2/t8-,9-/m1/s1. The van der Waals surface area contributed by atoms with Crippen LogP contribution < -0.4 is 10.6 Å². The van der Waals surface area contributed by atoms with Gasteiger partial charge in [0, 0.05) is 25.3 Å². The van der Waals surface area contributed by atoms with Crippen LogP contribution in [0.2, 0.25) is 10.0 Å². The van der Waals surface area contributed by atoms with E-state index in [0.717, 1.165) is 13.0 Å². The fraction of sp³-hybridized carbons (Fsp3) is 0.500. The van der Waals surface area contributed by atoms with E-state index in [4.69, 9.17) is 28.9 Å². The number of piperidine rings is 1. The molecule has 3 N–H and O–H groups in total. The first-order chi connectivity index (χ1) is 7.58. The van der Waals surface area contributed by atoms with Gasteiger partial charge >= 0.3 is 0 Å². The lowest BCUT2D eigenvalue weighted by Crippen LogP contribution is -2.50. The van der Waals surface area contributed by atoms with E-state index in [1.807, 2.05) is 4.90 Å². The number of pyridine rings is 1. The number of hydrogen-bond acceptors (Lipinski definition) is 4. The van der Waals surface area contributed by atoms with E-state index in [9.17, 15) is 5.11 Å². The molecule has 0 spiro atoms. The van der Waals surface area contributed by atoms with Crippen molar-refractivity contribution in [3.63, 3.8) is 0 Å². The van der Waals surface area contributed by atoms with Crippen LogP contribution in [0, 0.1) is 0 Å². The molecule has 0 amide bonds. The Balaban J connectivity index is 2.18. The number of aliphatic hydroxyl groups excluding tert-OH is 1. The summed E-state index contributed by atoms with van der Waals surface area (Å²) in [6.45, 7) is 1.20. The maximum atomic E-state index is 9.69. The highest BCUT2D eigenvalue weighted by Crippen LogP contribution is 2.27. The summed E-state index contributed by atoms with van der Waals surface area (Å²) in [5.41, 5.74) is 5.73. The number of rotatable bonds is 1. The summed E-state index contributed by atoms with van der Waals surface area (Å²) in [7, 11) is 0. The lowest BCUT2D eigenvalue weighted by Gasteiger charge is -2.35. The van der Waals surface area contributed by atoms with Crippen molar-refractivity contribution in [2.45, 2.75) is 18.6 Å². The van der Waals surface area contributed by atoms with Crippen molar-refractivity contribution in [2.24, 2.45) is 5.73 Å². The molecule has 1 aromatic rings. The molecule has 88 valence electrons. The van der Waals surface area contributed by atoms with E-state index in [1.165, 1.54) is 0 Å². The van der Waals surface area contributed by atoms with Crippen LogP contribution in [0.25, 0.3) is 0 Å². The number of aromatic nitrogens is 1. The molecule has 1 aliphatic heterocycles. The van der Waals surface area contributed by atoms with Gasteiger partial charge in [0.1, 0.15) is 5.82 Å². The van der Waals surface area contributed by atoms with E-state index in [2.05, 4.69) is 4.98 Å². The highest BCUT2D eigenvalue weighted by molar-refractivity contribution is 6.36. The largest absolute Gasteiger partial charge is 0.390 e. The van der Waals surface area contributed by atoms with Crippen LogP contribution in [0.3, 0.4) is 0 Å². The molecule has 0 saturated carbocycles. The van der Waals surface area contributed by atoms with Gasteiger partial charge in [-0.3, -0.25) is 0 Å². The van der Waals surface area contributed by atoms with Crippen molar-refractivity contribution in [3.05, 3.63) is 22.3 Å². The van der Waals surface area contributed by atoms with Crippen LogP contribution in [-0.2, 0) is 0 Å². The van der Waals surface area contributed by atoms with Gasteiger partial charge in [-0.15, -0.1) is 0 Å². The molecule has 0 aliphatic carbocycles. The van der Waals surface area contributed by atoms with Crippen molar-refractivity contribution in [1.82, 2.24) is 4.98 Å². The Morgan fingerprint density at radius 1 is 1.50 bits per heavy atom.